The molecule has 2 atom stereocenters. The molecule has 1 amide bonds. The monoisotopic (exact) mass is 425 g/mol. The Morgan fingerprint density at radius 3 is 2.62 bits per heavy atom. The third-order valence-corrected chi connectivity index (χ3v) is 6.83. The fraction of sp³-hybridized carbons (Fsp3) is 0.684. The van der Waals surface area contributed by atoms with Gasteiger partial charge in [-0.3, -0.25) is 14.6 Å². The molecule has 160 valence electrons. The third-order valence-electron chi connectivity index (χ3n) is 6.10. The maximum Gasteiger partial charge on any atom is 0.260 e. The van der Waals surface area contributed by atoms with E-state index in [9.17, 15) is 18.0 Å². The first-order chi connectivity index (χ1) is 13.8. The minimum Gasteiger partial charge on any atom is -0.469 e. The number of carbonyl (C=O) groups excluding carboxylic acids is 1. The van der Waals surface area contributed by atoms with E-state index in [0.29, 0.717) is 18.8 Å². The van der Waals surface area contributed by atoms with Gasteiger partial charge in [0.05, 0.1) is 25.0 Å². The van der Waals surface area contributed by atoms with Crippen molar-refractivity contribution < 1.29 is 22.7 Å². The number of amides is 1. The molecule has 2 N–H and O–H groups in total. The smallest absolute Gasteiger partial charge is 0.260 e. The van der Waals surface area contributed by atoms with Gasteiger partial charge in [0, 0.05) is 24.2 Å². The molecule has 3 aliphatic heterocycles. The molecule has 2 fully saturated rings. The Morgan fingerprint density at radius 2 is 1.90 bits per heavy atom. The number of ether oxygens (including phenoxy) is 2. The molecule has 2 bridgehead atoms. The van der Waals surface area contributed by atoms with Crippen LogP contribution in [0, 0.1) is 0 Å². The number of rotatable bonds is 2. The molecule has 0 radical (unpaired) electrons. The quantitative estimate of drug-likeness (QED) is 0.705. The van der Waals surface area contributed by atoms with Crippen molar-refractivity contribution in [2.24, 2.45) is 0 Å². The van der Waals surface area contributed by atoms with Crippen LogP contribution >= 0.6 is 0 Å². The number of pyridine rings is 1. The summed E-state index contributed by atoms with van der Waals surface area (Å²) in [7, 11) is -3.40. The first-order valence-corrected chi connectivity index (χ1v) is 11.9. The summed E-state index contributed by atoms with van der Waals surface area (Å²) >= 11 is 0. The average molecular weight is 426 g/mol. The maximum absolute atomic E-state index is 12.9. The molecule has 1 aliphatic carbocycles. The van der Waals surface area contributed by atoms with Crippen LogP contribution in [-0.2, 0) is 19.6 Å². The van der Waals surface area contributed by atoms with Gasteiger partial charge >= 0.3 is 0 Å². The van der Waals surface area contributed by atoms with Crippen LogP contribution in [0.15, 0.2) is 16.9 Å². The fourth-order valence-electron chi connectivity index (χ4n) is 4.68. The number of nitrogens with zero attached hydrogens (tertiary/aromatic N) is 1. The van der Waals surface area contributed by atoms with Gasteiger partial charge < -0.3 is 14.4 Å². The number of carbonyl (C=O) groups is 1. The van der Waals surface area contributed by atoms with Crippen molar-refractivity contribution in [1.29, 1.82) is 0 Å². The second-order valence-electron chi connectivity index (χ2n) is 8.14. The van der Waals surface area contributed by atoms with E-state index < -0.39 is 10.0 Å². The summed E-state index contributed by atoms with van der Waals surface area (Å²) in [6.07, 6.45) is 5.27. The van der Waals surface area contributed by atoms with Gasteiger partial charge in [0.1, 0.15) is 0 Å². The minimum absolute atomic E-state index is 0.0792. The summed E-state index contributed by atoms with van der Waals surface area (Å²) in [5.74, 6) is 0.353. The zero-order chi connectivity index (χ0) is 20.6. The summed E-state index contributed by atoms with van der Waals surface area (Å²) in [5.41, 5.74) is 0.652. The molecule has 0 spiro atoms. The van der Waals surface area contributed by atoms with Crippen molar-refractivity contribution in [2.75, 3.05) is 26.0 Å². The Labute approximate surface area is 169 Å². The highest BCUT2D eigenvalue weighted by molar-refractivity contribution is 7.88. The second-order valence-corrected chi connectivity index (χ2v) is 9.92. The topological polar surface area (TPSA) is 118 Å². The molecule has 29 heavy (non-hydrogen) atoms. The van der Waals surface area contributed by atoms with E-state index in [0.717, 1.165) is 37.5 Å². The zero-order valence-corrected chi connectivity index (χ0v) is 17.2. The minimum atomic E-state index is -3.40. The first-order valence-electron chi connectivity index (χ1n) is 10.0. The molecule has 4 heterocycles. The van der Waals surface area contributed by atoms with Crippen LogP contribution in [0.25, 0.3) is 0 Å². The van der Waals surface area contributed by atoms with E-state index in [-0.39, 0.29) is 48.8 Å². The second kappa shape index (κ2) is 8.08. The van der Waals surface area contributed by atoms with Crippen LogP contribution in [0.5, 0.6) is 5.88 Å². The lowest BCUT2D eigenvalue weighted by Gasteiger charge is -2.32. The highest BCUT2D eigenvalue weighted by Crippen LogP contribution is 2.37. The van der Waals surface area contributed by atoms with Crippen LogP contribution in [0.4, 0.5) is 0 Å². The van der Waals surface area contributed by atoms with Gasteiger partial charge in [0.2, 0.25) is 10.0 Å². The number of fused-ring (bicyclic) bond motifs is 5. The molecule has 1 saturated heterocycles. The molecule has 1 aromatic heterocycles. The van der Waals surface area contributed by atoms with Crippen molar-refractivity contribution in [1.82, 2.24) is 14.6 Å². The van der Waals surface area contributed by atoms with E-state index in [4.69, 9.17) is 9.47 Å². The lowest BCUT2D eigenvalue weighted by atomic mass is 9.83. The Hall–Kier alpha value is -1.91. The summed E-state index contributed by atoms with van der Waals surface area (Å²) in [4.78, 5) is 29.0. The molecule has 1 unspecified atom stereocenters. The molecule has 10 heteroatoms. The van der Waals surface area contributed by atoms with Crippen molar-refractivity contribution in [3.05, 3.63) is 28.0 Å². The number of aromatic amines is 1. The Balaban J connectivity index is 1.61. The summed E-state index contributed by atoms with van der Waals surface area (Å²) in [5, 5.41) is 0. The van der Waals surface area contributed by atoms with Gasteiger partial charge in [-0.05, 0) is 44.1 Å². The molecule has 9 nitrogen and oxygen atoms in total. The average Bonchev–Trinajstić information content (AvgIpc) is 3.05. The Kier molecular flexibility index (Phi) is 5.67. The molecular weight excluding hydrogens is 398 g/mol. The maximum atomic E-state index is 12.9. The predicted octanol–water partition coefficient (Wildman–Crippen LogP) is 0.329. The largest absolute Gasteiger partial charge is 0.469 e. The fourth-order valence-corrected chi connectivity index (χ4v) is 5.51. The molecule has 1 aromatic rings. The highest BCUT2D eigenvalue weighted by Gasteiger charge is 2.40. The van der Waals surface area contributed by atoms with E-state index >= 15 is 0 Å². The van der Waals surface area contributed by atoms with Gasteiger partial charge in [-0.2, -0.15) is 0 Å². The SMILES string of the molecule is CS(=O)(=O)N[C@H]1CCN2C(=O)COc3[nH]c(=O)ccc3C3CCC(CC3)OCC12. The van der Waals surface area contributed by atoms with Gasteiger partial charge in [-0.1, -0.05) is 0 Å². The lowest BCUT2D eigenvalue weighted by Crippen LogP contribution is -2.50. The highest BCUT2D eigenvalue weighted by atomic mass is 32.2. The van der Waals surface area contributed by atoms with Gasteiger partial charge in [-0.25, -0.2) is 13.1 Å². The molecule has 1 saturated carbocycles. The normalized spacial score (nSPS) is 30.5. The predicted molar refractivity (Wildman–Crippen MR) is 105 cm³/mol. The van der Waals surface area contributed by atoms with Crippen molar-refractivity contribution in [3.8, 4) is 5.88 Å². The molecule has 5 rings (SSSR count). The number of sulfonamides is 1. The number of nitrogens with one attached hydrogen (secondary N) is 2. The Bertz CT molecular complexity index is 922. The van der Waals surface area contributed by atoms with Crippen molar-refractivity contribution in [2.45, 2.75) is 56.2 Å². The van der Waals surface area contributed by atoms with Crippen molar-refractivity contribution >= 4 is 15.9 Å². The first kappa shape index (κ1) is 20.4. The van der Waals surface area contributed by atoms with E-state index in [1.807, 2.05) is 0 Å². The summed E-state index contributed by atoms with van der Waals surface area (Å²) < 4.78 is 38.0. The number of hydrogen-bond donors (Lipinski definition) is 2. The van der Waals surface area contributed by atoms with Crippen LogP contribution in [0.3, 0.4) is 0 Å². The number of hydrogen-bond acceptors (Lipinski definition) is 6. The standard InChI is InChI=1S/C19H27N3O6S/c1-29(25,26)21-15-8-9-22-16(15)10-27-13-4-2-12(3-5-13)14-6-7-17(23)20-19(14)28-11-18(22)24/h6-7,12-13,15-16,21H,2-5,8-11H2,1H3,(H,20,23)/t12?,13?,15-,16?/m0/s1. The van der Waals surface area contributed by atoms with E-state index in [1.165, 1.54) is 6.07 Å². The van der Waals surface area contributed by atoms with Crippen molar-refractivity contribution in [3.63, 3.8) is 0 Å². The molecular formula is C19H27N3O6S. The number of aromatic nitrogens is 1. The van der Waals surface area contributed by atoms with Gasteiger partial charge in [-0.15, -0.1) is 0 Å². The van der Waals surface area contributed by atoms with Crippen LogP contribution in [0.1, 0.15) is 43.6 Å². The summed E-state index contributed by atoms with van der Waals surface area (Å²) in [6.45, 7) is 0.498. The van der Waals surface area contributed by atoms with Crippen LogP contribution < -0.4 is 15.0 Å². The zero-order valence-electron chi connectivity index (χ0n) is 16.4. The van der Waals surface area contributed by atoms with Crippen LogP contribution in [0.2, 0.25) is 0 Å². The van der Waals surface area contributed by atoms with Crippen LogP contribution in [-0.4, -0.2) is 68.4 Å². The van der Waals surface area contributed by atoms with Gasteiger partial charge in [0.15, 0.2) is 12.5 Å². The van der Waals surface area contributed by atoms with E-state index in [1.54, 1.807) is 11.0 Å². The molecule has 4 aliphatic rings. The Morgan fingerprint density at radius 1 is 1.14 bits per heavy atom. The van der Waals surface area contributed by atoms with Gasteiger partial charge in [0.25, 0.3) is 11.5 Å². The molecule has 0 aromatic carbocycles. The lowest BCUT2D eigenvalue weighted by molar-refractivity contribution is -0.136. The number of H-pyrrole nitrogens is 1. The summed E-state index contributed by atoms with van der Waals surface area (Å²) in [6, 6.07) is 2.51. The third kappa shape index (κ3) is 4.65. The van der Waals surface area contributed by atoms with E-state index in [2.05, 4.69) is 9.71 Å².